The molecule has 12 heteroatoms. The maximum absolute atomic E-state index is 12.5. The van der Waals surface area contributed by atoms with Crippen LogP contribution in [0, 0.1) is 11.8 Å². The maximum atomic E-state index is 12.5. The molecule has 5 atom stereocenters. The van der Waals surface area contributed by atoms with Crippen molar-refractivity contribution < 1.29 is 52.3 Å². The first-order valence-electron chi connectivity index (χ1n) is 14.3. The van der Waals surface area contributed by atoms with Gasteiger partial charge in [0.15, 0.2) is 11.5 Å². The summed E-state index contributed by atoms with van der Waals surface area (Å²) in [6.45, 7) is 16.0. The number of esters is 1. The van der Waals surface area contributed by atoms with Crippen LogP contribution in [0.25, 0.3) is 0 Å². The molecule has 0 heterocycles. The number of carbonyl (C=O) groups is 4. The van der Waals surface area contributed by atoms with E-state index in [0.717, 1.165) is 6.42 Å². The van der Waals surface area contributed by atoms with Crippen LogP contribution in [0.1, 0.15) is 80.7 Å². The van der Waals surface area contributed by atoms with Crippen molar-refractivity contribution in [1.82, 2.24) is 0 Å². The Morgan fingerprint density at radius 3 is 1.76 bits per heavy atom. The molecular formula is C30H47NO11. The molecule has 0 saturated carbocycles. The SMILES string of the molecule is CCCC(C)OC(=O)O[C@@H](C)COC(=O)[C@@H](N)Cc1ccc(OC(=O)OC(C)C(C)C)c(OC(=O)OC(C)C(C)C)c1. The first-order chi connectivity index (χ1) is 19.6. The molecule has 0 amide bonds. The number of benzene rings is 1. The quantitative estimate of drug-likeness (QED) is 0.144. The molecule has 0 radical (unpaired) electrons. The van der Waals surface area contributed by atoms with Crippen LogP contribution in [0.5, 0.6) is 11.5 Å². The van der Waals surface area contributed by atoms with E-state index in [4.69, 9.17) is 38.9 Å². The topological polar surface area (TPSA) is 159 Å². The lowest BCUT2D eigenvalue weighted by molar-refractivity contribution is -0.148. The fraction of sp³-hybridized carbons (Fsp3) is 0.667. The summed E-state index contributed by atoms with van der Waals surface area (Å²) in [6.07, 6.45) is -3.15. The van der Waals surface area contributed by atoms with Gasteiger partial charge in [-0.25, -0.2) is 14.4 Å². The Morgan fingerprint density at radius 2 is 1.24 bits per heavy atom. The van der Waals surface area contributed by atoms with E-state index in [1.165, 1.54) is 12.1 Å². The molecule has 1 aromatic carbocycles. The second-order valence-electron chi connectivity index (χ2n) is 11.0. The third-order valence-electron chi connectivity index (χ3n) is 6.35. The summed E-state index contributed by atoms with van der Waals surface area (Å²) in [6, 6.07) is 3.25. The highest BCUT2D eigenvalue weighted by molar-refractivity contribution is 5.76. The second kappa shape index (κ2) is 18.1. The number of rotatable bonds is 15. The molecule has 0 saturated heterocycles. The Balaban J connectivity index is 2.89. The monoisotopic (exact) mass is 597 g/mol. The van der Waals surface area contributed by atoms with Gasteiger partial charge in [-0.2, -0.15) is 0 Å². The van der Waals surface area contributed by atoms with Crippen molar-refractivity contribution in [3.05, 3.63) is 23.8 Å². The summed E-state index contributed by atoms with van der Waals surface area (Å²) in [5.41, 5.74) is 6.52. The van der Waals surface area contributed by atoms with Crippen molar-refractivity contribution in [3.8, 4) is 11.5 Å². The van der Waals surface area contributed by atoms with Crippen molar-refractivity contribution in [1.29, 1.82) is 0 Å². The number of hydrogen-bond donors (Lipinski definition) is 1. The molecule has 0 aromatic heterocycles. The minimum Gasteiger partial charge on any atom is -0.461 e. The zero-order chi connectivity index (χ0) is 32.0. The Kier molecular flexibility index (Phi) is 15.7. The summed E-state index contributed by atoms with van der Waals surface area (Å²) in [4.78, 5) is 49.1. The molecule has 2 N–H and O–H groups in total. The van der Waals surface area contributed by atoms with Crippen LogP contribution in [0.3, 0.4) is 0 Å². The highest BCUT2D eigenvalue weighted by atomic mass is 16.8. The summed E-state index contributed by atoms with van der Waals surface area (Å²) < 4.78 is 36.6. The largest absolute Gasteiger partial charge is 0.514 e. The van der Waals surface area contributed by atoms with E-state index in [9.17, 15) is 19.2 Å². The minimum atomic E-state index is -1.10. The van der Waals surface area contributed by atoms with E-state index in [1.807, 2.05) is 34.6 Å². The molecule has 42 heavy (non-hydrogen) atoms. The molecule has 3 unspecified atom stereocenters. The highest BCUT2D eigenvalue weighted by Gasteiger charge is 2.23. The smallest absolute Gasteiger partial charge is 0.461 e. The van der Waals surface area contributed by atoms with Crippen molar-refractivity contribution in [2.45, 2.75) is 112 Å². The number of carbonyl (C=O) groups excluding carboxylic acids is 4. The molecule has 12 nitrogen and oxygen atoms in total. The molecule has 0 bridgehead atoms. The van der Waals surface area contributed by atoms with Gasteiger partial charge in [0.05, 0.1) is 0 Å². The summed E-state index contributed by atoms with van der Waals surface area (Å²) in [5, 5.41) is 0. The second-order valence-corrected chi connectivity index (χ2v) is 11.0. The van der Waals surface area contributed by atoms with E-state index in [0.29, 0.717) is 12.0 Å². The van der Waals surface area contributed by atoms with Gasteiger partial charge in [-0.1, -0.05) is 47.1 Å². The van der Waals surface area contributed by atoms with Crippen LogP contribution >= 0.6 is 0 Å². The molecule has 0 aliphatic carbocycles. The van der Waals surface area contributed by atoms with Crippen LogP contribution in [0.4, 0.5) is 14.4 Å². The van der Waals surface area contributed by atoms with Gasteiger partial charge in [0.1, 0.15) is 37.1 Å². The highest BCUT2D eigenvalue weighted by Crippen LogP contribution is 2.30. The van der Waals surface area contributed by atoms with Crippen molar-refractivity contribution in [3.63, 3.8) is 0 Å². The number of hydrogen-bond acceptors (Lipinski definition) is 12. The van der Waals surface area contributed by atoms with Gasteiger partial charge in [0.2, 0.25) is 0 Å². The van der Waals surface area contributed by atoms with Crippen LogP contribution < -0.4 is 15.2 Å². The van der Waals surface area contributed by atoms with Gasteiger partial charge in [-0.3, -0.25) is 4.79 Å². The molecule has 0 aliphatic heterocycles. The Hall–Kier alpha value is -3.54. The zero-order valence-electron chi connectivity index (χ0n) is 26.2. The average Bonchev–Trinajstić information content (AvgIpc) is 2.88. The van der Waals surface area contributed by atoms with Crippen LogP contribution in [-0.2, 0) is 34.9 Å². The van der Waals surface area contributed by atoms with Gasteiger partial charge < -0.3 is 38.9 Å². The van der Waals surface area contributed by atoms with Gasteiger partial charge in [0, 0.05) is 0 Å². The molecule has 0 fully saturated rings. The Morgan fingerprint density at radius 1 is 0.714 bits per heavy atom. The van der Waals surface area contributed by atoms with Crippen LogP contribution in [-0.4, -0.2) is 61.5 Å². The predicted octanol–water partition coefficient (Wildman–Crippen LogP) is 5.95. The van der Waals surface area contributed by atoms with E-state index in [1.54, 1.807) is 33.8 Å². The number of nitrogens with two attached hydrogens (primary N) is 1. The molecular weight excluding hydrogens is 550 g/mol. The molecule has 238 valence electrons. The lowest BCUT2D eigenvalue weighted by Crippen LogP contribution is -2.36. The molecule has 0 spiro atoms. The van der Waals surface area contributed by atoms with Crippen LogP contribution in [0.2, 0.25) is 0 Å². The Labute approximate surface area is 248 Å². The maximum Gasteiger partial charge on any atom is 0.514 e. The average molecular weight is 598 g/mol. The molecule has 0 aliphatic rings. The van der Waals surface area contributed by atoms with E-state index >= 15 is 0 Å². The van der Waals surface area contributed by atoms with Gasteiger partial charge in [-0.05, 0) is 70.1 Å². The van der Waals surface area contributed by atoms with Crippen molar-refractivity contribution in [2.24, 2.45) is 17.6 Å². The normalized spacial score (nSPS) is 14.7. The van der Waals surface area contributed by atoms with Crippen molar-refractivity contribution in [2.75, 3.05) is 6.61 Å². The summed E-state index contributed by atoms with van der Waals surface area (Å²) >= 11 is 0. The van der Waals surface area contributed by atoms with Gasteiger partial charge >= 0.3 is 24.4 Å². The van der Waals surface area contributed by atoms with E-state index in [2.05, 4.69) is 0 Å². The van der Waals surface area contributed by atoms with Crippen LogP contribution in [0.15, 0.2) is 18.2 Å². The lowest BCUT2D eigenvalue weighted by Gasteiger charge is -2.19. The predicted molar refractivity (Wildman–Crippen MR) is 153 cm³/mol. The minimum absolute atomic E-state index is 0.00639. The van der Waals surface area contributed by atoms with Gasteiger partial charge in [-0.15, -0.1) is 0 Å². The third-order valence-corrected chi connectivity index (χ3v) is 6.35. The van der Waals surface area contributed by atoms with Gasteiger partial charge in [0.25, 0.3) is 0 Å². The van der Waals surface area contributed by atoms with E-state index < -0.39 is 48.8 Å². The first-order valence-corrected chi connectivity index (χ1v) is 14.3. The fourth-order valence-corrected chi connectivity index (χ4v) is 3.15. The summed E-state index contributed by atoms with van der Waals surface area (Å²) in [5.74, 6) is -0.851. The molecule has 1 aromatic rings. The molecule has 1 rings (SSSR count). The van der Waals surface area contributed by atoms with Crippen molar-refractivity contribution >= 4 is 24.4 Å². The zero-order valence-corrected chi connectivity index (χ0v) is 26.2. The fourth-order valence-electron chi connectivity index (χ4n) is 3.15. The Bertz CT molecular complexity index is 1030. The number of ether oxygens (including phenoxy) is 7. The first kappa shape index (κ1) is 36.5. The standard InChI is InChI=1S/C30H47NO11/c1-10-11-19(6)37-28(33)38-20(7)16-36-27(32)24(31)14-23-12-13-25(41-29(34)39-21(8)17(2)3)26(15-23)42-30(35)40-22(9)18(4)5/h12-13,15,17-22,24H,10-11,14,16,31H2,1-9H3/t19?,20-,21?,22?,24-/m0/s1. The summed E-state index contributed by atoms with van der Waals surface area (Å²) in [7, 11) is 0. The van der Waals surface area contributed by atoms with E-state index in [-0.39, 0.29) is 42.5 Å². The lowest BCUT2D eigenvalue weighted by atomic mass is 10.1. The third kappa shape index (κ3) is 13.9.